The SMILES string of the molecule is CC(C)C[C@H](N)C(=O)N(C)CC1CC2CCC1C2. The number of fused-ring (bicyclic) bond motifs is 2. The van der Waals surface area contributed by atoms with Crippen molar-refractivity contribution >= 4 is 5.91 Å². The lowest BCUT2D eigenvalue weighted by atomic mass is 9.88. The summed E-state index contributed by atoms with van der Waals surface area (Å²) in [5, 5.41) is 0. The van der Waals surface area contributed by atoms with E-state index in [0.29, 0.717) is 5.92 Å². The molecule has 2 fully saturated rings. The number of carbonyl (C=O) groups is 1. The van der Waals surface area contributed by atoms with Gasteiger partial charge in [0.05, 0.1) is 6.04 Å². The first-order valence-electron chi connectivity index (χ1n) is 7.48. The summed E-state index contributed by atoms with van der Waals surface area (Å²) in [7, 11) is 1.93. The van der Waals surface area contributed by atoms with Crippen LogP contribution in [0.1, 0.15) is 46.0 Å². The van der Waals surface area contributed by atoms with Gasteiger partial charge in [0.1, 0.15) is 0 Å². The molecule has 0 heterocycles. The van der Waals surface area contributed by atoms with Gasteiger partial charge < -0.3 is 10.6 Å². The van der Waals surface area contributed by atoms with Crippen molar-refractivity contribution < 1.29 is 4.79 Å². The van der Waals surface area contributed by atoms with E-state index in [-0.39, 0.29) is 11.9 Å². The smallest absolute Gasteiger partial charge is 0.239 e. The highest BCUT2D eigenvalue weighted by Crippen LogP contribution is 2.48. The van der Waals surface area contributed by atoms with Crippen LogP contribution in [0.4, 0.5) is 0 Å². The Morgan fingerprint density at radius 2 is 2.06 bits per heavy atom. The molecule has 0 spiro atoms. The van der Waals surface area contributed by atoms with E-state index in [1.165, 1.54) is 25.7 Å². The maximum absolute atomic E-state index is 12.2. The summed E-state index contributed by atoms with van der Waals surface area (Å²) in [5.74, 6) is 3.19. The zero-order valence-corrected chi connectivity index (χ0v) is 12.1. The molecule has 104 valence electrons. The Morgan fingerprint density at radius 3 is 2.56 bits per heavy atom. The lowest BCUT2D eigenvalue weighted by Gasteiger charge is -2.29. The Hall–Kier alpha value is -0.570. The summed E-state index contributed by atoms with van der Waals surface area (Å²) in [6.07, 6.45) is 6.34. The Morgan fingerprint density at radius 1 is 1.33 bits per heavy atom. The third-order valence-electron chi connectivity index (χ3n) is 4.81. The van der Waals surface area contributed by atoms with E-state index in [2.05, 4.69) is 13.8 Å². The van der Waals surface area contributed by atoms with Crippen LogP contribution < -0.4 is 5.73 Å². The van der Waals surface area contributed by atoms with Crippen LogP contribution in [-0.2, 0) is 4.79 Å². The summed E-state index contributed by atoms with van der Waals surface area (Å²) < 4.78 is 0. The minimum absolute atomic E-state index is 0.131. The summed E-state index contributed by atoms with van der Waals surface area (Å²) in [5.41, 5.74) is 5.98. The van der Waals surface area contributed by atoms with Crippen LogP contribution in [-0.4, -0.2) is 30.4 Å². The van der Waals surface area contributed by atoms with E-state index in [4.69, 9.17) is 5.73 Å². The van der Waals surface area contributed by atoms with Crippen molar-refractivity contribution in [3.8, 4) is 0 Å². The molecule has 0 aromatic carbocycles. The molecule has 3 nitrogen and oxygen atoms in total. The van der Waals surface area contributed by atoms with Gasteiger partial charge in [-0.25, -0.2) is 0 Å². The first kappa shape index (κ1) is 13.9. The molecule has 0 aromatic heterocycles. The number of rotatable bonds is 5. The van der Waals surface area contributed by atoms with Crippen LogP contribution in [0, 0.1) is 23.7 Å². The molecule has 0 radical (unpaired) electrons. The molecule has 3 heteroatoms. The molecule has 0 saturated heterocycles. The molecule has 2 rings (SSSR count). The fourth-order valence-corrected chi connectivity index (χ4v) is 3.93. The van der Waals surface area contributed by atoms with E-state index in [1.807, 2.05) is 11.9 Å². The van der Waals surface area contributed by atoms with Crippen LogP contribution in [0.25, 0.3) is 0 Å². The average molecular weight is 252 g/mol. The lowest BCUT2D eigenvalue weighted by molar-refractivity contribution is -0.132. The van der Waals surface area contributed by atoms with Gasteiger partial charge in [0.15, 0.2) is 0 Å². The van der Waals surface area contributed by atoms with Crippen molar-refractivity contribution in [1.82, 2.24) is 4.90 Å². The number of nitrogens with zero attached hydrogens (tertiary/aromatic N) is 1. The number of carbonyl (C=O) groups excluding carboxylic acids is 1. The van der Waals surface area contributed by atoms with Crippen molar-refractivity contribution in [3.05, 3.63) is 0 Å². The molecule has 18 heavy (non-hydrogen) atoms. The Bertz CT molecular complexity index is 303. The Labute approximate surface area is 111 Å². The molecule has 2 aliphatic carbocycles. The van der Waals surface area contributed by atoms with Crippen molar-refractivity contribution in [3.63, 3.8) is 0 Å². The van der Waals surface area contributed by atoms with Crippen molar-refractivity contribution in [2.75, 3.05) is 13.6 Å². The second kappa shape index (κ2) is 5.60. The normalized spacial score (nSPS) is 31.9. The van der Waals surface area contributed by atoms with Gasteiger partial charge in [0, 0.05) is 13.6 Å². The summed E-state index contributed by atoms with van der Waals surface area (Å²) in [6, 6.07) is -0.311. The molecule has 0 aliphatic heterocycles. The largest absolute Gasteiger partial charge is 0.344 e. The van der Waals surface area contributed by atoms with Crippen LogP contribution >= 0.6 is 0 Å². The predicted molar refractivity (Wildman–Crippen MR) is 74.0 cm³/mol. The van der Waals surface area contributed by atoms with Crippen molar-refractivity contribution in [2.24, 2.45) is 29.4 Å². The summed E-state index contributed by atoms with van der Waals surface area (Å²) in [6.45, 7) is 5.15. The third-order valence-corrected chi connectivity index (χ3v) is 4.81. The van der Waals surface area contributed by atoms with Gasteiger partial charge >= 0.3 is 0 Å². The van der Waals surface area contributed by atoms with Crippen molar-refractivity contribution in [1.29, 1.82) is 0 Å². The molecule has 2 bridgehead atoms. The fraction of sp³-hybridized carbons (Fsp3) is 0.933. The van der Waals surface area contributed by atoms with Gasteiger partial charge in [-0.05, 0) is 49.4 Å². The molecule has 4 atom stereocenters. The zero-order valence-electron chi connectivity index (χ0n) is 12.1. The van der Waals surface area contributed by atoms with Gasteiger partial charge in [-0.15, -0.1) is 0 Å². The molecule has 2 aliphatic rings. The monoisotopic (exact) mass is 252 g/mol. The third kappa shape index (κ3) is 3.05. The molecular weight excluding hydrogens is 224 g/mol. The maximum atomic E-state index is 12.2. The Balaban J connectivity index is 1.80. The van der Waals surface area contributed by atoms with Crippen LogP contribution in [0.3, 0.4) is 0 Å². The second-order valence-electron chi connectivity index (χ2n) is 6.89. The number of hydrogen-bond acceptors (Lipinski definition) is 2. The van der Waals surface area contributed by atoms with E-state index in [0.717, 1.165) is 30.7 Å². The first-order valence-corrected chi connectivity index (χ1v) is 7.48. The fourth-order valence-electron chi connectivity index (χ4n) is 3.93. The molecule has 2 N–H and O–H groups in total. The number of nitrogens with two attached hydrogens (primary N) is 1. The highest BCUT2D eigenvalue weighted by atomic mass is 16.2. The lowest BCUT2D eigenvalue weighted by Crippen LogP contribution is -2.44. The van der Waals surface area contributed by atoms with Gasteiger partial charge in [-0.2, -0.15) is 0 Å². The highest BCUT2D eigenvalue weighted by Gasteiger charge is 2.40. The number of hydrogen-bond donors (Lipinski definition) is 1. The Kier molecular flexibility index (Phi) is 4.31. The molecule has 2 saturated carbocycles. The molecule has 3 unspecified atom stereocenters. The number of likely N-dealkylation sites (N-methyl/N-ethyl adjacent to an activating group) is 1. The number of amides is 1. The van der Waals surface area contributed by atoms with Gasteiger partial charge in [-0.3, -0.25) is 4.79 Å². The van der Waals surface area contributed by atoms with Gasteiger partial charge in [-0.1, -0.05) is 20.3 Å². The van der Waals surface area contributed by atoms with E-state index >= 15 is 0 Å². The van der Waals surface area contributed by atoms with Gasteiger partial charge in [0.2, 0.25) is 5.91 Å². The maximum Gasteiger partial charge on any atom is 0.239 e. The molecule has 1 amide bonds. The molecular formula is C15H28N2O. The standard InChI is InChI=1S/C15H28N2O/c1-10(2)6-14(16)15(18)17(3)9-13-8-11-4-5-12(13)7-11/h10-14H,4-9,16H2,1-3H3/t11?,12?,13?,14-/m0/s1. The van der Waals surface area contributed by atoms with Crippen molar-refractivity contribution in [2.45, 2.75) is 52.0 Å². The topological polar surface area (TPSA) is 46.3 Å². The quantitative estimate of drug-likeness (QED) is 0.816. The van der Waals surface area contributed by atoms with E-state index in [1.54, 1.807) is 0 Å². The minimum Gasteiger partial charge on any atom is -0.344 e. The molecule has 0 aromatic rings. The van der Waals surface area contributed by atoms with Crippen LogP contribution in [0.15, 0.2) is 0 Å². The predicted octanol–water partition coefficient (Wildman–Crippen LogP) is 2.25. The summed E-state index contributed by atoms with van der Waals surface area (Å²) >= 11 is 0. The minimum atomic E-state index is -0.311. The zero-order chi connectivity index (χ0) is 13.3. The summed E-state index contributed by atoms with van der Waals surface area (Å²) in [4.78, 5) is 14.1. The van der Waals surface area contributed by atoms with Gasteiger partial charge in [0.25, 0.3) is 0 Å². The van der Waals surface area contributed by atoms with E-state index in [9.17, 15) is 4.79 Å². The van der Waals surface area contributed by atoms with Crippen LogP contribution in [0.2, 0.25) is 0 Å². The van der Waals surface area contributed by atoms with Crippen LogP contribution in [0.5, 0.6) is 0 Å². The first-order chi connectivity index (χ1) is 8.47. The second-order valence-corrected chi connectivity index (χ2v) is 6.89. The highest BCUT2D eigenvalue weighted by molar-refractivity contribution is 5.81. The average Bonchev–Trinajstić information content (AvgIpc) is 2.88. The van der Waals surface area contributed by atoms with E-state index < -0.39 is 0 Å².